The van der Waals surface area contributed by atoms with E-state index in [0.717, 1.165) is 17.1 Å². The molecule has 0 bridgehead atoms. The minimum absolute atomic E-state index is 0.286. The molecule has 23 heavy (non-hydrogen) atoms. The van der Waals surface area contributed by atoms with Gasteiger partial charge in [0, 0.05) is 4.88 Å². The third-order valence-corrected chi connectivity index (χ3v) is 5.87. The van der Waals surface area contributed by atoms with E-state index < -0.39 is 0 Å². The van der Waals surface area contributed by atoms with Crippen molar-refractivity contribution in [2.45, 2.75) is 45.1 Å². The highest BCUT2D eigenvalue weighted by Gasteiger charge is 2.21. The molecule has 1 N–H and O–H groups in total. The number of aryl methyl sites for hydroxylation is 2. The fraction of sp³-hybridized carbons (Fsp3) is 0.368. The monoisotopic (exact) mass is 323 g/mol. The summed E-state index contributed by atoms with van der Waals surface area (Å²) in [6.07, 6.45) is 7.68. The summed E-state index contributed by atoms with van der Waals surface area (Å²) < 4.78 is 0. The second-order valence-corrected chi connectivity index (χ2v) is 7.21. The van der Waals surface area contributed by atoms with Gasteiger partial charge in [0.25, 0.3) is 0 Å². The number of anilines is 1. The van der Waals surface area contributed by atoms with Crippen LogP contribution in [0, 0.1) is 0 Å². The summed E-state index contributed by atoms with van der Waals surface area (Å²) in [6.45, 7) is 2.21. The van der Waals surface area contributed by atoms with Crippen LogP contribution >= 0.6 is 11.3 Å². The second kappa shape index (κ2) is 6.28. The third-order valence-electron chi connectivity index (χ3n) is 4.67. The normalized spacial score (nSPS) is 15.3. The van der Waals surface area contributed by atoms with Gasteiger partial charge < -0.3 is 5.32 Å². The first-order valence-corrected chi connectivity index (χ1v) is 9.25. The molecule has 1 atom stereocenters. The van der Waals surface area contributed by atoms with E-state index in [1.165, 1.54) is 47.1 Å². The highest BCUT2D eigenvalue weighted by Crippen LogP contribution is 2.39. The number of thiophene rings is 1. The predicted octanol–water partition coefficient (Wildman–Crippen LogP) is 5.13. The van der Waals surface area contributed by atoms with Gasteiger partial charge in [0.15, 0.2) is 0 Å². The molecule has 0 unspecified atom stereocenters. The van der Waals surface area contributed by atoms with Crippen LogP contribution in [0.4, 0.5) is 5.82 Å². The molecular formula is C19H21N3S. The summed E-state index contributed by atoms with van der Waals surface area (Å²) >= 11 is 1.85. The number of rotatable bonds is 4. The Morgan fingerprint density at radius 2 is 1.96 bits per heavy atom. The molecule has 3 aromatic rings. The van der Waals surface area contributed by atoms with E-state index in [9.17, 15) is 0 Å². The van der Waals surface area contributed by atoms with Gasteiger partial charge in [-0.1, -0.05) is 37.3 Å². The third kappa shape index (κ3) is 2.72. The Bertz CT molecular complexity index is 810. The molecule has 0 fully saturated rings. The second-order valence-electron chi connectivity index (χ2n) is 6.13. The Morgan fingerprint density at radius 1 is 1.13 bits per heavy atom. The minimum atomic E-state index is 0.286. The van der Waals surface area contributed by atoms with Crippen molar-refractivity contribution in [2.24, 2.45) is 0 Å². The Hall–Kier alpha value is -1.94. The van der Waals surface area contributed by atoms with Crippen LogP contribution in [0.3, 0.4) is 0 Å². The molecule has 4 rings (SSSR count). The maximum Gasteiger partial charge on any atom is 0.138 e. The summed E-state index contributed by atoms with van der Waals surface area (Å²) in [6, 6.07) is 10.9. The molecule has 2 heterocycles. The van der Waals surface area contributed by atoms with E-state index in [1.807, 2.05) is 11.3 Å². The molecule has 1 aliphatic rings. The van der Waals surface area contributed by atoms with Gasteiger partial charge in [-0.05, 0) is 43.2 Å². The Kier molecular flexibility index (Phi) is 4.00. The minimum Gasteiger partial charge on any atom is -0.363 e. The van der Waals surface area contributed by atoms with Crippen molar-refractivity contribution in [3.05, 3.63) is 52.7 Å². The fourth-order valence-electron chi connectivity index (χ4n) is 3.47. The molecule has 4 heteroatoms. The number of nitrogens with one attached hydrogen (secondary N) is 1. The fourth-order valence-corrected chi connectivity index (χ4v) is 4.70. The first kappa shape index (κ1) is 14.6. The summed E-state index contributed by atoms with van der Waals surface area (Å²) in [5, 5.41) is 4.95. The van der Waals surface area contributed by atoms with E-state index in [-0.39, 0.29) is 6.04 Å². The van der Waals surface area contributed by atoms with Crippen LogP contribution in [0.15, 0.2) is 36.7 Å². The van der Waals surface area contributed by atoms with Gasteiger partial charge in [-0.3, -0.25) is 0 Å². The average molecular weight is 323 g/mol. The van der Waals surface area contributed by atoms with Crippen LogP contribution in [0.1, 0.15) is 48.2 Å². The Labute approximate surface area is 140 Å². The number of fused-ring (bicyclic) bond motifs is 3. The molecule has 3 nitrogen and oxygen atoms in total. The molecule has 0 radical (unpaired) electrons. The topological polar surface area (TPSA) is 37.8 Å². The Morgan fingerprint density at radius 3 is 2.78 bits per heavy atom. The quantitative estimate of drug-likeness (QED) is 0.723. The smallest absolute Gasteiger partial charge is 0.138 e. The van der Waals surface area contributed by atoms with Crippen molar-refractivity contribution in [1.82, 2.24) is 9.97 Å². The number of nitrogens with zero attached hydrogens (tertiary/aromatic N) is 2. The molecule has 118 valence electrons. The number of hydrogen-bond acceptors (Lipinski definition) is 4. The summed E-state index contributed by atoms with van der Waals surface area (Å²) in [4.78, 5) is 11.8. The van der Waals surface area contributed by atoms with Gasteiger partial charge in [0.05, 0.1) is 11.4 Å². The van der Waals surface area contributed by atoms with Crippen LogP contribution in [0.5, 0.6) is 0 Å². The zero-order valence-electron chi connectivity index (χ0n) is 13.4. The van der Waals surface area contributed by atoms with Crippen molar-refractivity contribution in [2.75, 3.05) is 5.32 Å². The molecule has 1 aliphatic carbocycles. The SMILES string of the molecule is CC[C@@H](Nc1ncnc2sc3c(c12)CCCC3)c1ccccc1. The number of benzene rings is 1. The largest absolute Gasteiger partial charge is 0.363 e. The van der Waals surface area contributed by atoms with Gasteiger partial charge >= 0.3 is 0 Å². The molecule has 0 spiro atoms. The van der Waals surface area contributed by atoms with E-state index in [2.05, 4.69) is 52.5 Å². The molecule has 0 saturated heterocycles. The van der Waals surface area contributed by atoms with Crippen molar-refractivity contribution in [3.63, 3.8) is 0 Å². The van der Waals surface area contributed by atoms with Crippen molar-refractivity contribution < 1.29 is 0 Å². The van der Waals surface area contributed by atoms with E-state index in [1.54, 1.807) is 6.33 Å². The van der Waals surface area contributed by atoms with Gasteiger partial charge in [-0.25, -0.2) is 9.97 Å². The lowest BCUT2D eigenvalue weighted by Gasteiger charge is -2.19. The van der Waals surface area contributed by atoms with Crippen molar-refractivity contribution >= 4 is 27.4 Å². The van der Waals surface area contributed by atoms with E-state index >= 15 is 0 Å². The molecule has 2 aromatic heterocycles. The van der Waals surface area contributed by atoms with Gasteiger partial charge in [-0.2, -0.15) is 0 Å². The van der Waals surface area contributed by atoms with Crippen molar-refractivity contribution in [1.29, 1.82) is 0 Å². The zero-order chi connectivity index (χ0) is 15.6. The summed E-state index contributed by atoms with van der Waals surface area (Å²) in [5.74, 6) is 1.00. The van der Waals surface area contributed by atoms with Crippen LogP contribution in [0.25, 0.3) is 10.2 Å². The van der Waals surface area contributed by atoms with Crippen LogP contribution in [-0.4, -0.2) is 9.97 Å². The maximum absolute atomic E-state index is 4.58. The molecule has 0 aliphatic heterocycles. The lowest BCUT2D eigenvalue weighted by molar-refractivity contribution is 0.699. The zero-order valence-corrected chi connectivity index (χ0v) is 14.2. The first-order valence-electron chi connectivity index (χ1n) is 8.43. The summed E-state index contributed by atoms with van der Waals surface area (Å²) in [7, 11) is 0. The number of hydrogen-bond donors (Lipinski definition) is 1. The number of aromatic nitrogens is 2. The first-order chi connectivity index (χ1) is 11.4. The maximum atomic E-state index is 4.58. The highest BCUT2D eigenvalue weighted by molar-refractivity contribution is 7.19. The van der Waals surface area contributed by atoms with Crippen LogP contribution in [0.2, 0.25) is 0 Å². The highest BCUT2D eigenvalue weighted by atomic mass is 32.1. The molecular weight excluding hydrogens is 302 g/mol. The summed E-state index contributed by atoms with van der Waals surface area (Å²) in [5.41, 5.74) is 2.80. The molecule has 0 amide bonds. The lowest BCUT2D eigenvalue weighted by Crippen LogP contribution is -2.11. The van der Waals surface area contributed by atoms with Crippen molar-refractivity contribution in [3.8, 4) is 0 Å². The standard InChI is InChI=1S/C19H21N3S/c1-2-15(13-8-4-3-5-9-13)22-18-17-14-10-6-7-11-16(14)23-19(17)21-12-20-18/h3-5,8-9,12,15H,2,6-7,10-11H2,1H3,(H,20,21,22)/t15-/m1/s1. The Balaban J connectivity index is 1.75. The predicted molar refractivity (Wildman–Crippen MR) is 97.2 cm³/mol. The van der Waals surface area contributed by atoms with Crippen LogP contribution < -0.4 is 5.32 Å². The molecule has 0 saturated carbocycles. The van der Waals surface area contributed by atoms with Crippen LogP contribution in [-0.2, 0) is 12.8 Å². The lowest BCUT2D eigenvalue weighted by atomic mass is 9.96. The van der Waals surface area contributed by atoms with E-state index in [0.29, 0.717) is 0 Å². The van der Waals surface area contributed by atoms with E-state index in [4.69, 9.17) is 0 Å². The van der Waals surface area contributed by atoms with Gasteiger partial charge in [-0.15, -0.1) is 11.3 Å². The van der Waals surface area contributed by atoms with Gasteiger partial charge in [0.1, 0.15) is 17.0 Å². The molecule has 1 aromatic carbocycles. The van der Waals surface area contributed by atoms with Gasteiger partial charge in [0.2, 0.25) is 0 Å². The average Bonchev–Trinajstić information content (AvgIpc) is 2.99.